The Morgan fingerprint density at radius 1 is 1.16 bits per heavy atom. The van der Waals surface area contributed by atoms with Crippen molar-refractivity contribution in [2.45, 2.75) is 6.54 Å². The lowest BCUT2D eigenvalue weighted by molar-refractivity contribution is 0.0946. The topological polar surface area (TPSA) is 105 Å². The van der Waals surface area contributed by atoms with Gasteiger partial charge in [0.25, 0.3) is 5.91 Å². The summed E-state index contributed by atoms with van der Waals surface area (Å²) in [6.07, 6.45) is 0. The first-order valence-corrected chi connectivity index (χ1v) is 7.59. The summed E-state index contributed by atoms with van der Waals surface area (Å²) in [5, 5.41) is 20.9. The van der Waals surface area contributed by atoms with E-state index in [0.717, 1.165) is 5.56 Å². The zero-order valence-electron chi connectivity index (χ0n) is 13.0. The van der Waals surface area contributed by atoms with Crippen LogP contribution in [0.4, 0.5) is 0 Å². The Morgan fingerprint density at radius 3 is 2.88 bits per heavy atom. The minimum atomic E-state index is -0.434. The number of phenols is 1. The van der Waals surface area contributed by atoms with Gasteiger partial charge >= 0.3 is 0 Å². The maximum absolute atomic E-state index is 12.4. The van der Waals surface area contributed by atoms with E-state index in [9.17, 15) is 9.90 Å². The highest BCUT2D eigenvalue weighted by atomic mass is 16.7. The summed E-state index contributed by atoms with van der Waals surface area (Å²) in [7, 11) is 0. The van der Waals surface area contributed by atoms with Gasteiger partial charge in [0.1, 0.15) is 5.56 Å². The molecule has 0 fully saturated rings. The molecule has 7 heteroatoms. The van der Waals surface area contributed by atoms with Crippen LogP contribution in [0.2, 0.25) is 0 Å². The van der Waals surface area contributed by atoms with Gasteiger partial charge in [-0.3, -0.25) is 10.2 Å². The Bertz CT molecular complexity index is 1040. The lowest BCUT2D eigenvalue weighted by Gasteiger charge is -2.07. The molecule has 0 saturated heterocycles. The fourth-order valence-corrected chi connectivity index (χ4v) is 2.64. The fourth-order valence-electron chi connectivity index (χ4n) is 2.64. The van der Waals surface area contributed by atoms with E-state index < -0.39 is 5.91 Å². The number of ether oxygens (including phenoxy) is 2. The van der Waals surface area contributed by atoms with Crippen molar-refractivity contribution >= 4 is 16.9 Å². The van der Waals surface area contributed by atoms with Gasteiger partial charge in [-0.1, -0.05) is 18.2 Å². The highest BCUT2D eigenvalue weighted by Gasteiger charge is 2.15. The number of aromatic hydroxyl groups is 1. The van der Waals surface area contributed by atoms with E-state index in [0.29, 0.717) is 16.9 Å². The third kappa shape index (κ3) is 2.76. The van der Waals surface area contributed by atoms with Gasteiger partial charge in [0.2, 0.25) is 12.3 Å². The molecule has 0 unspecified atom stereocenters. The van der Waals surface area contributed by atoms with Crippen LogP contribution in [0.5, 0.6) is 17.2 Å². The Labute approximate surface area is 141 Å². The molecule has 0 atom stereocenters. The second kappa shape index (κ2) is 5.86. The first kappa shape index (κ1) is 15.1. The summed E-state index contributed by atoms with van der Waals surface area (Å²) in [6, 6.07) is 11.7. The van der Waals surface area contributed by atoms with Gasteiger partial charge in [0.15, 0.2) is 22.8 Å². The van der Waals surface area contributed by atoms with Gasteiger partial charge in [-0.05, 0) is 29.8 Å². The average molecular weight is 338 g/mol. The molecule has 0 spiro atoms. The molecule has 0 bridgehead atoms. The second-order valence-electron chi connectivity index (χ2n) is 5.55. The summed E-state index contributed by atoms with van der Waals surface area (Å²) >= 11 is 0. The zero-order chi connectivity index (χ0) is 17.4. The molecule has 1 aliphatic heterocycles. The first-order chi connectivity index (χ1) is 12.1. The summed E-state index contributed by atoms with van der Waals surface area (Å²) < 4.78 is 15.8. The molecule has 3 N–H and O–H groups in total. The van der Waals surface area contributed by atoms with E-state index in [1.807, 2.05) is 6.07 Å². The van der Waals surface area contributed by atoms with Gasteiger partial charge in [-0.15, -0.1) is 0 Å². The highest BCUT2D eigenvalue weighted by molar-refractivity contribution is 5.97. The number of carbonyl (C=O) groups excluding carboxylic acids is 1. The number of nitrogens with one attached hydrogen (secondary N) is 2. The van der Waals surface area contributed by atoms with Crippen molar-refractivity contribution < 1.29 is 23.8 Å². The second-order valence-corrected chi connectivity index (χ2v) is 5.55. The molecule has 2 aromatic carbocycles. The molecule has 1 aromatic heterocycles. The third-order valence-corrected chi connectivity index (χ3v) is 3.91. The summed E-state index contributed by atoms with van der Waals surface area (Å²) in [5.41, 5.74) is 0.815. The van der Waals surface area contributed by atoms with Crippen LogP contribution in [0.3, 0.4) is 0 Å². The van der Waals surface area contributed by atoms with Crippen molar-refractivity contribution in [3.05, 3.63) is 59.1 Å². The average Bonchev–Trinajstić information content (AvgIpc) is 3.08. The summed E-state index contributed by atoms with van der Waals surface area (Å²) in [4.78, 5) is 12.4. The fraction of sp³-hybridized carbons (Fsp3) is 0.111. The Balaban J connectivity index is 1.56. The minimum absolute atomic E-state index is 0.0710. The largest absolute Gasteiger partial charge is 0.504 e. The summed E-state index contributed by atoms with van der Waals surface area (Å²) in [5.74, 6) is 0.816. The monoisotopic (exact) mass is 338 g/mol. The molecule has 3 aromatic rings. The maximum Gasteiger partial charge on any atom is 0.257 e. The predicted molar refractivity (Wildman–Crippen MR) is 87.5 cm³/mol. The quantitative estimate of drug-likeness (QED) is 0.679. The molecule has 25 heavy (non-hydrogen) atoms. The van der Waals surface area contributed by atoms with Crippen LogP contribution in [0, 0.1) is 5.41 Å². The van der Waals surface area contributed by atoms with Crippen LogP contribution in [0.15, 0.2) is 46.9 Å². The maximum atomic E-state index is 12.4. The number of rotatable bonds is 3. The zero-order valence-corrected chi connectivity index (χ0v) is 13.0. The Hall–Kier alpha value is -3.48. The lowest BCUT2D eigenvalue weighted by Crippen LogP contribution is -2.27. The first-order valence-electron chi connectivity index (χ1n) is 7.59. The number of carbonyl (C=O) groups is 1. The smallest absolute Gasteiger partial charge is 0.257 e. The van der Waals surface area contributed by atoms with E-state index in [-0.39, 0.29) is 35.8 Å². The van der Waals surface area contributed by atoms with Gasteiger partial charge in [0, 0.05) is 11.9 Å². The summed E-state index contributed by atoms with van der Waals surface area (Å²) in [6.45, 7) is 0.464. The van der Waals surface area contributed by atoms with Crippen molar-refractivity contribution in [1.82, 2.24) is 5.32 Å². The Kier molecular flexibility index (Phi) is 3.53. The molecule has 7 nitrogen and oxygen atoms in total. The van der Waals surface area contributed by atoms with Crippen molar-refractivity contribution in [3.8, 4) is 17.2 Å². The van der Waals surface area contributed by atoms with Gasteiger partial charge in [0.05, 0.1) is 0 Å². The Morgan fingerprint density at radius 2 is 2.00 bits per heavy atom. The van der Waals surface area contributed by atoms with Crippen LogP contribution in [-0.4, -0.2) is 17.8 Å². The highest BCUT2D eigenvalue weighted by Crippen LogP contribution is 2.32. The number of para-hydroxylation sites is 1. The van der Waals surface area contributed by atoms with Crippen molar-refractivity contribution in [2.24, 2.45) is 0 Å². The lowest BCUT2D eigenvalue weighted by atomic mass is 10.1. The molecule has 126 valence electrons. The molecule has 0 radical (unpaired) electrons. The van der Waals surface area contributed by atoms with E-state index in [1.54, 1.807) is 24.3 Å². The molecule has 2 heterocycles. The molecule has 1 amide bonds. The standard InChI is InChI=1S/C18H14N2O5/c19-17-12(7-11-2-1-3-13(21)16(11)25-17)18(22)20-8-10-4-5-14-15(6-10)24-9-23-14/h1-7,19,21H,8-9H2,(H,20,22). The van der Waals surface area contributed by atoms with E-state index in [4.69, 9.17) is 19.3 Å². The van der Waals surface area contributed by atoms with Crippen LogP contribution in [0.1, 0.15) is 15.9 Å². The van der Waals surface area contributed by atoms with E-state index in [1.165, 1.54) is 12.1 Å². The van der Waals surface area contributed by atoms with E-state index >= 15 is 0 Å². The van der Waals surface area contributed by atoms with Crippen LogP contribution < -0.4 is 20.3 Å². The number of amides is 1. The number of phenolic OH excluding ortho intramolecular Hbond substituents is 1. The number of benzene rings is 2. The normalized spacial score (nSPS) is 12.3. The van der Waals surface area contributed by atoms with Gasteiger partial charge < -0.3 is 24.3 Å². The molecular formula is C18H14N2O5. The number of hydrogen-bond donors (Lipinski definition) is 3. The number of hydrogen-bond acceptors (Lipinski definition) is 6. The van der Waals surface area contributed by atoms with Crippen molar-refractivity contribution in [3.63, 3.8) is 0 Å². The minimum Gasteiger partial charge on any atom is -0.504 e. The SMILES string of the molecule is N=c1oc2c(O)cccc2cc1C(=O)NCc1ccc2c(c1)OCO2. The molecule has 1 aliphatic rings. The van der Waals surface area contributed by atoms with E-state index in [2.05, 4.69) is 5.32 Å². The van der Waals surface area contributed by atoms with Gasteiger partial charge in [-0.25, -0.2) is 0 Å². The van der Waals surface area contributed by atoms with Crippen molar-refractivity contribution in [2.75, 3.05) is 6.79 Å². The van der Waals surface area contributed by atoms with Crippen LogP contribution >= 0.6 is 0 Å². The number of fused-ring (bicyclic) bond motifs is 2. The van der Waals surface area contributed by atoms with Crippen LogP contribution in [-0.2, 0) is 6.54 Å². The predicted octanol–water partition coefficient (Wildman–Crippen LogP) is 2.28. The van der Waals surface area contributed by atoms with Crippen molar-refractivity contribution in [1.29, 1.82) is 5.41 Å². The third-order valence-electron chi connectivity index (χ3n) is 3.91. The molecular weight excluding hydrogens is 324 g/mol. The van der Waals surface area contributed by atoms with Crippen LogP contribution in [0.25, 0.3) is 11.0 Å². The molecule has 0 aliphatic carbocycles. The molecule has 0 saturated carbocycles. The van der Waals surface area contributed by atoms with Gasteiger partial charge in [-0.2, -0.15) is 0 Å². The molecule has 4 rings (SSSR count).